The molecule has 3 N–H and O–H groups in total. The third kappa shape index (κ3) is 4.20. The molecule has 0 aromatic heterocycles. The Kier molecular flexibility index (Phi) is 6.44. The molecular weight excluding hydrogens is 532 g/mol. The maximum atomic E-state index is 12.5. The summed E-state index contributed by atoms with van der Waals surface area (Å²) >= 11 is 0. The van der Waals surface area contributed by atoms with Crippen LogP contribution in [-0.4, -0.2) is 56.4 Å². The topological polar surface area (TPSA) is 180 Å². The second-order valence-corrected chi connectivity index (χ2v) is 8.96. The van der Waals surface area contributed by atoms with E-state index < -0.39 is 46.4 Å². The third-order valence-electron chi connectivity index (χ3n) is 6.72. The first kappa shape index (κ1) is 26.6. The van der Waals surface area contributed by atoms with Crippen molar-refractivity contribution in [2.75, 3.05) is 0 Å². The summed E-state index contributed by atoms with van der Waals surface area (Å²) in [4.78, 5) is 83.4. The molecule has 0 atom stereocenters. The summed E-state index contributed by atoms with van der Waals surface area (Å²) in [6, 6.07) is 19.0. The van der Waals surface area contributed by atoms with Gasteiger partial charge in [0.2, 0.25) is 0 Å². The van der Waals surface area contributed by atoms with Gasteiger partial charge in [-0.3, -0.25) is 19.2 Å². The normalized spacial score (nSPS) is 12.7. The van der Waals surface area contributed by atoms with Crippen LogP contribution in [0.3, 0.4) is 0 Å². The highest BCUT2D eigenvalue weighted by Crippen LogP contribution is 2.32. The molecule has 0 bridgehead atoms. The van der Waals surface area contributed by atoms with E-state index >= 15 is 0 Å². The Labute approximate surface area is 230 Å². The van der Waals surface area contributed by atoms with Gasteiger partial charge in [0.05, 0.1) is 16.7 Å². The number of carbonyl (C=O) groups excluding carboxylic acids is 4. The predicted octanol–water partition coefficient (Wildman–Crippen LogP) is 4.02. The zero-order valence-corrected chi connectivity index (χ0v) is 20.7. The lowest BCUT2D eigenvalue weighted by molar-refractivity contribution is 0.0649. The van der Waals surface area contributed by atoms with Gasteiger partial charge in [-0.05, 0) is 18.2 Å². The summed E-state index contributed by atoms with van der Waals surface area (Å²) in [5, 5.41) is 27.5. The van der Waals surface area contributed by atoms with Crippen LogP contribution in [0.2, 0.25) is 0 Å². The van der Waals surface area contributed by atoms with E-state index in [0.717, 1.165) is 6.07 Å². The first-order valence-corrected chi connectivity index (χ1v) is 11.9. The number of ketones is 4. The number of carboxylic acid groups (broad SMARTS) is 3. The van der Waals surface area contributed by atoms with E-state index in [1.54, 1.807) is 30.3 Å². The lowest BCUT2D eigenvalue weighted by Gasteiger charge is -2.19. The van der Waals surface area contributed by atoms with Crippen LogP contribution < -0.4 is 0 Å². The van der Waals surface area contributed by atoms with Crippen LogP contribution in [0.4, 0.5) is 0 Å². The van der Waals surface area contributed by atoms with Crippen LogP contribution in [0, 0.1) is 0 Å². The van der Waals surface area contributed by atoms with Crippen molar-refractivity contribution in [1.82, 2.24) is 0 Å². The molecule has 0 amide bonds. The fourth-order valence-corrected chi connectivity index (χ4v) is 4.91. The van der Waals surface area contributed by atoms with Crippen molar-refractivity contribution in [1.29, 1.82) is 0 Å². The van der Waals surface area contributed by atoms with Crippen molar-refractivity contribution in [3.05, 3.63) is 140 Å². The highest BCUT2D eigenvalue weighted by atomic mass is 16.4. The van der Waals surface area contributed by atoms with Crippen LogP contribution in [0.1, 0.15) is 94.8 Å². The molecule has 10 nitrogen and oxygen atoms in total. The number of hydrogen-bond donors (Lipinski definition) is 3. The molecule has 0 radical (unpaired) electrons. The molecule has 2 aliphatic carbocycles. The fraction of sp³-hybridized carbons (Fsp3) is 0. The van der Waals surface area contributed by atoms with Gasteiger partial charge in [0.1, 0.15) is 0 Å². The molecule has 0 saturated heterocycles. The van der Waals surface area contributed by atoms with Gasteiger partial charge in [0, 0.05) is 44.5 Å². The first-order chi connectivity index (χ1) is 19.5. The van der Waals surface area contributed by atoms with Crippen molar-refractivity contribution in [3.63, 3.8) is 0 Å². The smallest absolute Gasteiger partial charge is 0.337 e. The largest absolute Gasteiger partial charge is 0.478 e. The second-order valence-electron chi connectivity index (χ2n) is 8.96. The Balaban J connectivity index is 0.000000166. The van der Waals surface area contributed by atoms with E-state index in [0.29, 0.717) is 5.56 Å². The van der Waals surface area contributed by atoms with Crippen LogP contribution >= 0.6 is 0 Å². The number of fused-ring (bicyclic) bond motifs is 4. The minimum Gasteiger partial charge on any atom is -0.478 e. The van der Waals surface area contributed by atoms with Gasteiger partial charge in [-0.15, -0.1) is 0 Å². The van der Waals surface area contributed by atoms with E-state index in [-0.39, 0.29) is 50.3 Å². The zero-order chi connectivity index (χ0) is 29.6. The Morgan fingerprint density at radius 3 is 1.27 bits per heavy atom. The summed E-state index contributed by atoms with van der Waals surface area (Å²) in [6.07, 6.45) is 0. The van der Waals surface area contributed by atoms with Gasteiger partial charge in [0.15, 0.2) is 23.1 Å². The van der Waals surface area contributed by atoms with E-state index in [1.165, 1.54) is 42.5 Å². The van der Waals surface area contributed by atoms with Gasteiger partial charge in [-0.1, -0.05) is 60.7 Å². The molecule has 200 valence electrons. The number of benzene rings is 4. The van der Waals surface area contributed by atoms with E-state index in [9.17, 15) is 38.7 Å². The number of aromatic carboxylic acids is 3. The lowest BCUT2D eigenvalue weighted by Crippen LogP contribution is -2.25. The van der Waals surface area contributed by atoms with Gasteiger partial charge in [-0.25, -0.2) is 14.4 Å². The van der Waals surface area contributed by atoms with E-state index in [2.05, 4.69) is 0 Å². The maximum absolute atomic E-state index is 12.5. The van der Waals surface area contributed by atoms with Crippen molar-refractivity contribution in [3.8, 4) is 0 Å². The van der Waals surface area contributed by atoms with Gasteiger partial charge < -0.3 is 15.3 Å². The molecule has 4 aromatic rings. The lowest BCUT2D eigenvalue weighted by atomic mass is 9.80. The maximum Gasteiger partial charge on any atom is 0.337 e. The Morgan fingerprint density at radius 1 is 0.390 bits per heavy atom. The second kappa shape index (κ2) is 9.93. The minimum absolute atomic E-state index is 0.0151. The zero-order valence-electron chi connectivity index (χ0n) is 20.7. The molecule has 0 aliphatic heterocycles. The van der Waals surface area contributed by atoms with Crippen LogP contribution in [0.15, 0.2) is 78.9 Å². The van der Waals surface area contributed by atoms with Crippen molar-refractivity contribution in [2.45, 2.75) is 0 Å². The van der Waals surface area contributed by atoms with Crippen LogP contribution in [0.25, 0.3) is 0 Å². The van der Waals surface area contributed by atoms with Crippen LogP contribution in [0.5, 0.6) is 0 Å². The molecule has 0 spiro atoms. The SMILES string of the molecule is O=C(O)c1ccc2c(c1C(=O)O)C(=O)c1ccccc1C2=O.O=C(O)c1cccc2c1C(=O)c1ccccc1C2=O. The molecule has 0 unspecified atom stereocenters. The molecule has 2 aliphatic rings. The van der Waals surface area contributed by atoms with Gasteiger partial charge >= 0.3 is 17.9 Å². The molecule has 6 rings (SSSR count). The van der Waals surface area contributed by atoms with Crippen molar-refractivity contribution in [2.24, 2.45) is 0 Å². The number of carbonyl (C=O) groups is 7. The summed E-state index contributed by atoms with van der Waals surface area (Å²) < 4.78 is 0. The molecule has 10 heteroatoms. The number of carboxylic acids is 3. The highest BCUT2D eigenvalue weighted by Gasteiger charge is 2.36. The quantitative estimate of drug-likeness (QED) is 0.292. The summed E-state index contributed by atoms with van der Waals surface area (Å²) in [5.41, 5.74) is -0.792. The molecule has 4 aromatic carbocycles. The standard InChI is InChI=1S/C16H8O6.C15H8O4/c17-13-7-3-1-2-4-8(7)14(18)11-9(13)5-6-10(15(19)20)12(11)16(21)22;16-13-8-4-1-2-5-9(8)14(17)12-10(13)6-3-7-11(12)15(18)19/h1-6H,(H,19,20)(H,21,22);1-7H,(H,18,19). The average Bonchev–Trinajstić information content (AvgIpc) is 2.97. The average molecular weight is 548 g/mol. The van der Waals surface area contributed by atoms with Gasteiger partial charge in [0.25, 0.3) is 0 Å². The number of hydrogen-bond acceptors (Lipinski definition) is 7. The molecular formula is C31H16O10. The highest BCUT2D eigenvalue weighted by molar-refractivity contribution is 6.32. The molecule has 0 heterocycles. The Bertz CT molecular complexity index is 1900. The van der Waals surface area contributed by atoms with Crippen molar-refractivity contribution < 1.29 is 48.9 Å². The molecule has 41 heavy (non-hydrogen) atoms. The fourth-order valence-electron chi connectivity index (χ4n) is 4.91. The Morgan fingerprint density at radius 2 is 0.805 bits per heavy atom. The summed E-state index contributed by atoms with van der Waals surface area (Å²) in [6.45, 7) is 0. The van der Waals surface area contributed by atoms with E-state index in [4.69, 9.17) is 10.2 Å². The third-order valence-corrected chi connectivity index (χ3v) is 6.72. The minimum atomic E-state index is -1.56. The van der Waals surface area contributed by atoms with Gasteiger partial charge in [-0.2, -0.15) is 0 Å². The van der Waals surface area contributed by atoms with Crippen molar-refractivity contribution >= 4 is 41.0 Å². The van der Waals surface area contributed by atoms with Crippen LogP contribution in [-0.2, 0) is 0 Å². The predicted molar refractivity (Wildman–Crippen MR) is 140 cm³/mol. The summed E-state index contributed by atoms with van der Waals surface area (Å²) in [7, 11) is 0. The Hall–Kier alpha value is -6.03. The van der Waals surface area contributed by atoms with E-state index in [1.807, 2.05) is 0 Å². The first-order valence-electron chi connectivity index (χ1n) is 11.9. The molecule has 0 saturated carbocycles. The molecule has 0 fully saturated rings. The summed E-state index contributed by atoms with van der Waals surface area (Å²) in [5.74, 6) is -6.13. The monoisotopic (exact) mass is 548 g/mol. The number of rotatable bonds is 3.